The molecule has 0 N–H and O–H groups in total. The van der Waals surface area contributed by atoms with Crippen LogP contribution in [-0.4, -0.2) is 4.57 Å². The summed E-state index contributed by atoms with van der Waals surface area (Å²) in [5.74, 6) is 0. The number of rotatable bonds is 4. The summed E-state index contributed by atoms with van der Waals surface area (Å²) in [5.41, 5.74) is 15.9. The summed E-state index contributed by atoms with van der Waals surface area (Å²) in [6, 6.07) is 30.2. The molecule has 1 aromatic heterocycles. The molecule has 3 aliphatic carbocycles. The van der Waals surface area contributed by atoms with Crippen molar-refractivity contribution in [1.82, 2.24) is 4.57 Å². The molecule has 1 heterocycles. The molecule has 242 valence electrons. The molecule has 6 aromatic rings. The Kier molecular flexibility index (Phi) is 7.68. The molecule has 3 aliphatic rings. The number of hydrogen-bond donors (Lipinski definition) is 0. The Morgan fingerprint density at radius 3 is 2.22 bits per heavy atom. The van der Waals surface area contributed by atoms with Crippen LogP contribution in [0.15, 0.2) is 121 Å². The fourth-order valence-corrected chi connectivity index (χ4v) is 8.79. The minimum atomic E-state index is -0.0763. The van der Waals surface area contributed by atoms with E-state index in [4.69, 9.17) is 0 Å². The summed E-state index contributed by atoms with van der Waals surface area (Å²) >= 11 is 0. The number of fused-ring (bicyclic) bond motifs is 10. The highest BCUT2D eigenvalue weighted by Crippen LogP contribution is 2.49. The Morgan fingerprint density at radius 1 is 0.714 bits per heavy atom. The van der Waals surface area contributed by atoms with Gasteiger partial charge in [-0.15, -0.1) is 0 Å². The van der Waals surface area contributed by atoms with Crippen molar-refractivity contribution in [2.24, 2.45) is 0 Å². The molecule has 0 atom stereocenters. The molecule has 0 bridgehead atoms. The van der Waals surface area contributed by atoms with E-state index in [1.165, 1.54) is 93.9 Å². The van der Waals surface area contributed by atoms with Crippen LogP contribution in [0, 0.1) is 0 Å². The standard InChI is InChI=1S/C46H39N.C2H6/c1-5-13-42-32(6-2)38-23-20-30(27-43(38)46(42,3)4)29-21-25-45-41(26-29)39-18-11-12-19-44(39)47(45)31-22-24-37-35-16-8-7-14-33(35)34-15-9-10-17-36(34)40(37)28-31;1-2/h5-9,11,13-16,18,20-28H,2,10,12,17,19H2,1,3-4H3;1-2H3/b13-5-;. The molecular formula is C48H45N. The SMILES string of the molecule is C=CC1=C(/C=C\C)C(C)(C)c2cc(-c3ccc4c(c3)c3c(n4-c4ccc5c(c4)c4c(c6ccccc65)C=CCC4)CCC=C3)ccc21.CC. The molecule has 0 radical (unpaired) electrons. The number of benzene rings is 5. The zero-order valence-electron chi connectivity index (χ0n) is 29.5. The second-order valence-electron chi connectivity index (χ2n) is 13.9. The molecule has 0 spiro atoms. The summed E-state index contributed by atoms with van der Waals surface area (Å²) < 4.78 is 2.55. The van der Waals surface area contributed by atoms with E-state index < -0.39 is 0 Å². The van der Waals surface area contributed by atoms with Crippen molar-refractivity contribution in [1.29, 1.82) is 0 Å². The molecule has 9 rings (SSSR count). The summed E-state index contributed by atoms with van der Waals surface area (Å²) in [6.45, 7) is 14.9. The average Bonchev–Trinajstić information content (AvgIpc) is 3.59. The molecule has 1 nitrogen and oxygen atoms in total. The van der Waals surface area contributed by atoms with Gasteiger partial charge >= 0.3 is 0 Å². The monoisotopic (exact) mass is 635 g/mol. The molecule has 0 saturated carbocycles. The molecule has 0 aliphatic heterocycles. The van der Waals surface area contributed by atoms with Gasteiger partial charge in [0.25, 0.3) is 0 Å². The third-order valence-corrected chi connectivity index (χ3v) is 11.0. The van der Waals surface area contributed by atoms with E-state index in [1.54, 1.807) is 0 Å². The van der Waals surface area contributed by atoms with Gasteiger partial charge in [-0.05, 0) is 129 Å². The maximum Gasteiger partial charge on any atom is 0.0538 e. The Morgan fingerprint density at radius 2 is 1.43 bits per heavy atom. The van der Waals surface area contributed by atoms with Crippen LogP contribution in [0.4, 0.5) is 0 Å². The van der Waals surface area contributed by atoms with Gasteiger partial charge in [0.2, 0.25) is 0 Å². The molecule has 0 unspecified atom stereocenters. The lowest BCUT2D eigenvalue weighted by atomic mass is 9.80. The van der Waals surface area contributed by atoms with Crippen molar-refractivity contribution >= 4 is 50.2 Å². The summed E-state index contributed by atoms with van der Waals surface area (Å²) in [4.78, 5) is 0. The third kappa shape index (κ3) is 4.66. The van der Waals surface area contributed by atoms with E-state index in [0.717, 1.165) is 25.7 Å². The second-order valence-corrected chi connectivity index (χ2v) is 13.9. The van der Waals surface area contributed by atoms with Crippen molar-refractivity contribution in [2.75, 3.05) is 0 Å². The molecule has 5 aromatic carbocycles. The van der Waals surface area contributed by atoms with E-state index in [-0.39, 0.29) is 5.41 Å². The van der Waals surface area contributed by atoms with Crippen molar-refractivity contribution < 1.29 is 0 Å². The number of hydrogen-bond acceptors (Lipinski definition) is 0. The second kappa shape index (κ2) is 12.1. The molecule has 49 heavy (non-hydrogen) atoms. The molecule has 0 saturated heterocycles. The van der Waals surface area contributed by atoms with E-state index in [9.17, 15) is 0 Å². The van der Waals surface area contributed by atoms with Crippen LogP contribution in [0.2, 0.25) is 0 Å². The lowest BCUT2D eigenvalue weighted by Crippen LogP contribution is -2.16. The van der Waals surface area contributed by atoms with Crippen molar-refractivity contribution in [3.8, 4) is 16.8 Å². The maximum absolute atomic E-state index is 4.17. The minimum absolute atomic E-state index is 0.0763. The lowest BCUT2D eigenvalue weighted by Gasteiger charge is -2.23. The van der Waals surface area contributed by atoms with Gasteiger partial charge in [-0.2, -0.15) is 0 Å². The quantitative estimate of drug-likeness (QED) is 0.170. The predicted octanol–water partition coefficient (Wildman–Crippen LogP) is 13.4. The van der Waals surface area contributed by atoms with Crippen LogP contribution in [0.1, 0.15) is 81.0 Å². The number of aryl methyl sites for hydroxylation is 1. The molecular weight excluding hydrogens is 591 g/mol. The third-order valence-electron chi connectivity index (χ3n) is 11.0. The largest absolute Gasteiger partial charge is 0.313 e. The zero-order valence-corrected chi connectivity index (χ0v) is 29.5. The molecule has 0 amide bonds. The minimum Gasteiger partial charge on any atom is -0.313 e. The van der Waals surface area contributed by atoms with Gasteiger partial charge in [-0.3, -0.25) is 0 Å². The maximum atomic E-state index is 4.17. The smallest absolute Gasteiger partial charge is 0.0538 e. The normalized spacial score (nSPS) is 15.9. The lowest BCUT2D eigenvalue weighted by molar-refractivity contribution is 0.654. The van der Waals surface area contributed by atoms with Gasteiger partial charge in [0, 0.05) is 27.7 Å². The van der Waals surface area contributed by atoms with Gasteiger partial charge < -0.3 is 4.57 Å². The van der Waals surface area contributed by atoms with Gasteiger partial charge in [0.1, 0.15) is 0 Å². The van der Waals surface area contributed by atoms with E-state index in [0.29, 0.717) is 0 Å². The van der Waals surface area contributed by atoms with Gasteiger partial charge in [-0.25, -0.2) is 0 Å². The highest BCUT2D eigenvalue weighted by atomic mass is 15.0. The topological polar surface area (TPSA) is 4.93 Å². The van der Waals surface area contributed by atoms with Crippen molar-refractivity contribution in [3.63, 3.8) is 0 Å². The first-order valence-corrected chi connectivity index (χ1v) is 18.1. The summed E-state index contributed by atoms with van der Waals surface area (Å²) in [7, 11) is 0. The van der Waals surface area contributed by atoms with Crippen molar-refractivity contribution in [2.45, 2.75) is 65.7 Å². The number of aromatic nitrogens is 1. The van der Waals surface area contributed by atoms with Gasteiger partial charge in [0.15, 0.2) is 0 Å². The fraction of sp³-hybridized carbons (Fsp3) is 0.208. The fourth-order valence-electron chi connectivity index (χ4n) is 8.79. The number of nitrogens with zero attached hydrogens (tertiary/aromatic N) is 1. The van der Waals surface area contributed by atoms with E-state index in [1.807, 2.05) is 19.9 Å². The Labute approximate surface area is 291 Å². The van der Waals surface area contributed by atoms with Crippen LogP contribution in [0.3, 0.4) is 0 Å². The Balaban J connectivity index is 0.00000171. The Bertz CT molecular complexity index is 2450. The first-order valence-electron chi connectivity index (χ1n) is 18.1. The number of allylic oxidation sites excluding steroid dienone is 7. The van der Waals surface area contributed by atoms with Crippen LogP contribution in [-0.2, 0) is 18.3 Å². The van der Waals surface area contributed by atoms with Crippen LogP contribution in [0.5, 0.6) is 0 Å². The first kappa shape index (κ1) is 31.1. The van der Waals surface area contributed by atoms with Crippen LogP contribution < -0.4 is 0 Å². The zero-order chi connectivity index (χ0) is 33.9. The van der Waals surface area contributed by atoms with Crippen LogP contribution >= 0.6 is 0 Å². The molecule has 1 heteroatoms. The van der Waals surface area contributed by atoms with Gasteiger partial charge in [-0.1, -0.05) is 125 Å². The van der Waals surface area contributed by atoms with Crippen LogP contribution in [0.25, 0.3) is 67.0 Å². The predicted molar refractivity (Wildman–Crippen MR) is 215 cm³/mol. The van der Waals surface area contributed by atoms with Gasteiger partial charge in [0.05, 0.1) is 5.52 Å². The van der Waals surface area contributed by atoms with E-state index in [2.05, 4.69) is 147 Å². The summed E-state index contributed by atoms with van der Waals surface area (Å²) in [5, 5.41) is 6.79. The molecule has 0 fully saturated rings. The Hall–Kier alpha value is -5.14. The average molecular weight is 636 g/mol. The highest BCUT2D eigenvalue weighted by molar-refractivity contribution is 6.13. The van der Waals surface area contributed by atoms with Crippen molar-refractivity contribution in [3.05, 3.63) is 155 Å². The summed E-state index contributed by atoms with van der Waals surface area (Å²) in [6.07, 6.45) is 20.1. The highest BCUT2D eigenvalue weighted by Gasteiger charge is 2.35. The van der Waals surface area contributed by atoms with E-state index >= 15 is 0 Å². The first-order chi connectivity index (χ1) is 24.0.